The smallest absolute Gasteiger partial charge is 0.194 e. The lowest BCUT2D eigenvalue weighted by molar-refractivity contribution is -0.0145. The van der Waals surface area contributed by atoms with E-state index in [-0.39, 0.29) is 0 Å². The predicted molar refractivity (Wildman–Crippen MR) is 186 cm³/mol. The molecule has 9 nitrogen and oxygen atoms in total. The summed E-state index contributed by atoms with van der Waals surface area (Å²) in [7, 11) is 11.5. The minimum absolute atomic E-state index is 0.886. The van der Waals surface area contributed by atoms with Crippen molar-refractivity contribution in [2.75, 3.05) is 52.4 Å². The highest BCUT2D eigenvalue weighted by Crippen LogP contribution is 2.43. The first-order valence-electron chi connectivity index (χ1n) is 15.2. The van der Waals surface area contributed by atoms with E-state index in [4.69, 9.17) is 4.94 Å². The van der Waals surface area contributed by atoms with Gasteiger partial charge in [0, 0.05) is 36.6 Å². The molecule has 0 unspecified atom stereocenters. The van der Waals surface area contributed by atoms with E-state index >= 15 is 0 Å². The summed E-state index contributed by atoms with van der Waals surface area (Å²) in [5, 5.41) is 24.5. The molecule has 0 spiro atoms. The van der Waals surface area contributed by atoms with Gasteiger partial charge in [-0.15, -0.1) is 4.94 Å². The first-order chi connectivity index (χ1) is 22.0. The third-order valence-corrected chi connectivity index (χ3v) is 8.80. The molecule has 0 radical (unpaired) electrons. The van der Waals surface area contributed by atoms with E-state index < -0.39 is 11.6 Å². The fourth-order valence-electron chi connectivity index (χ4n) is 6.21. The van der Waals surface area contributed by atoms with Crippen LogP contribution in [0.15, 0.2) is 109 Å². The largest absolute Gasteiger partial charge is 0.388 e. The second-order valence-corrected chi connectivity index (χ2v) is 11.0. The minimum atomic E-state index is -0.899. The van der Waals surface area contributed by atoms with Gasteiger partial charge in [0.05, 0.1) is 11.4 Å². The SMILES string of the molecule is CNC1=CC(NC)(NC)N(ON2c3ccc(-c4ccccc4)cc3C(NC)=CC2(NC)NC)c2ccc(-c3ccccc3)cc21. The fourth-order valence-corrected chi connectivity index (χ4v) is 6.21. The number of hydrogen-bond donors (Lipinski definition) is 6. The Morgan fingerprint density at radius 1 is 0.467 bits per heavy atom. The fraction of sp³-hybridized carbons (Fsp3) is 0.222. The van der Waals surface area contributed by atoms with Gasteiger partial charge >= 0.3 is 0 Å². The van der Waals surface area contributed by atoms with E-state index in [1.807, 2.05) is 64.5 Å². The van der Waals surface area contributed by atoms with Crippen molar-refractivity contribution in [2.24, 2.45) is 0 Å². The first kappa shape index (κ1) is 30.4. The second kappa shape index (κ2) is 12.4. The molecular formula is C36H42N8O. The molecule has 6 N–H and O–H groups in total. The van der Waals surface area contributed by atoms with Crippen molar-refractivity contribution in [3.8, 4) is 22.3 Å². The summed E-state index contributed by atoms with van der Waals surface area (Å²) in [6.07, 6.45) is 4.23. The van der Waals surface area contributed by atoms with Gasteiger partial charge < -0.3 is 10.6 Å². The van der Waals surface area contributed by atoms with Crippen LogP contribution >= 0.6 is 0 Å². The van der Waals surface area contributed by atoms with Gasteiger partial charge in [-0.05, 0) is 86.9 Å². The Kier molecular flexibility index (Phi) is 8.37. The Labute approximate surface area is 265 Å². The second-order valence-electron chi connectivity index (χ2n) is 11.0. The summed E-state index contributed by atoms with van der Waals surface area (Å²) in [4.78, 5) is 7.13. The lowest BCUT2D eigenvalue weighted by Gasteiger charge is -2.51. The summed E-state index contributed by atoms with van der Waals surface area (Å²) in [6.45, 7) is 0. The van der Waals surface area contributed by atoms with Gasteiger partial charge in [-0.25, -0.2) is 0 Å². The normalized spacial score (nSPS) is 16.3. The monoisotopic (exact) mass is 602 g/mol. The molecule has 0 aromatic heterocycles. The molecule has 0 saturated carbocycles. The zero-order chi connectivity index (χ0) is 31.6. The highest BCUT2D eigenvalue weighted by Gasteiger charge is 2.46. The maximum absolute atomic E-state index is 7.13. The first-order valence-corrected chi connectivity index (χ1v) is 15.2. The molecule has 232 valence electrons. The van der Waals surface area contributed by atoms with Gasteiger partial charge in [0.15, 0.2) is 11.6 Å². The maximum atomic E-state index is 7.13. The number of benzene rings is 4. The topological polar surface area (TPSA) is 87.9 Å². The zero-order valence-corrected chi connectivity index (χ0v) is 26.7. The number of nitrogens with zero attached hydrogens (tertiary/aromatic N) is 2. The molecule has 45 heavy (non-hydrogen) atoms. The molecule has 0 aliphatic carbocycles. The van der Waals surface area contributed by atoms with E-state index in [1.165, 1.54) is 0 Å². The Morgan fingerprint density at radius 2 is 0.844 bits per heavy atom. The van der Waals surface area contributed by atoms with Crippen molar-refractivity contribution < 1.29 is 4.94 Å². The van der Waals surface area contributed by atoms with Crippen LogP contribution in [0.2, 0.25) is 0 Å². The average Bonchev–Trinajstić information content (AvgIpc) is 3.12. The standard InChI is InChI=1S/C36H42N8O/c1-37-31-23-35(39-3,40-4)43(33-19-17-27(21-29(31)33)25-13-9-7-10-14-25)45-44-34-20-18-28(26-15-11-8-12-16-26)22-30(34)32(38-2)24-36(44,41-5)42-6/h7-24,37-42H,1-6H3. The Morgan fingerprint density at radius 3 is 1.18 bits per heavy atom. The van der Waals surface area contributed by atoms with Crippen molar-refractivity contribution >= 4 is 22.8 Å². The van der Waals surface area contributed by atoms with Crippen LogP contribution in [0.5, 0.6) is 0 Å². The number of rotatable bonds is 10. The molecule has 0 amide bonds. The van der Waals surface area contributed by atoms with Gasteiger partial charge in [0.1, 0.15) is 0 Å². The van der Waals surface area contributed by atoms with E-state index in [2.05, 4.69) is 129 Å². The maximum Gasteiger partial charge on any atom is 0.194 e. The summed E-state index contributed by atoms with van der Waals surface area (Å²) in [6, 6.07) is 33.7. The van der Waals surface area contributed by atoms with Crippen molar-refractivity contribution in [1.29, 1.82) is 0 Å². The molecule has 0 saturated heterocycles. The Hall–Kier alpha value is -4.64. The lowest BCUT2D eigenvalue weighted by atomic mass is 9.96. The molecule has 2 aliphatic heterocycles. The molecule has 9 heteroatoms. The summed E-state index contributed by atoms with van der Waals surface area (Å²) >= 11 is 0. The number of nitrogens with one attached hydrogen (secondary N) is 6. The van der Waals surface area contributed by atoms with Gasteiger partial charge in [-0.1, -0.05) is 72.8 Å². The van der Waals surface area contributed by atoms with E-state index in [0.717, 1.165) is 56.1 Å². The number of hydroxylamine groups is 2. The quantitative estimate of drug-likeness (QED) is 0.147. The van der Waals surface area contributed by atoms with Crippen LogP contribution in [0.3, 0.4) is 0 Å². The van der Waals surface area contributed by atoms with Gasteiger partial charge in [-0.3, -0.25) is 21.3 Å². The highest BCUT2D eigenvalue weighted by atomic mass is 16.8. The van der Waals surface area contributed by atoms with Crippen LogP contribution in [-0.4, -0.2) is 53.9 Å². The minimum Gasteiger partial charge on any atom is -0.388 e. The Bertz CT molecular complexity index is 1590. The third kappa shape index (κ3) is 5.14. The van der Waals surface area contributed by atoms with Crippen LogP contribution in [0.1, 0.15) is 11.1 Å². The van der Waals surface area contributed by atoms with Crippen LogP contribution in [0, 0.1) is 0 Å². The van der Waals surface area contributed by atoms with E-state index in [0.29, 0.717) is 0 Å². The van der Waals surface area contributed by atoms with Crippen molar-refractivity contribution in [3.63, 3.8) is 0 Å². The van der Waals surface area contributed by atoms with E-state index in [9.17, 15) is 0 Å². The van der Waals surface area contributed by atoms with Gasteiger partial charge in [0.25, 0.3) is 0 Å². The molecule has 4 aromatic rings. The predicted octanol–water partition coefficient (Wildman–Crippen LogP) is 4.51. The molecule has 2 heterocycles. The zero-order valence-electron chi connectivity index (χ0n) is 26.7. The Balaban J connectivity index is 1.52. The van der Waals surface area contributed by atoms with Crippen LogP contribution in [0.25, 0.3) is 33.6 Å². The molecule has 2 aliphatic rings. The molecule has 6 rings (SSSR count). The average molecular weight is 603 g/mol. The number of likely N-dealkylation sites (N-methyl/N-ethyl adjacent to an activating group) is 4. The molecule has 0 bridgehead atoms. The van der Waals surface area contributed by atoms with Crippen molar-refractivity contribution in [1.82, 2.24) is 31.9 Å². The van der Waals surface area contributed by atoms with Crippen molar-refractivity contribution in [3.05, 3.63) is 120 Å². The van der Waals surface area contributed by atoms with Crippen LogP contribution in [0.4, 0.5) is 11.4 Å². The molecule has 0 fully saturated rings. The highest BCUT2D eigenvalue weighted by molar-refractivity contribution is 5.86. The van der Waals surface area contributed by atoms with Gasteiger partial charge in [0.2, 0.25) is 0 Å². The third-order valence-electron chi connectivity index (χ3n) is 8.80. The number of fused-ring (bicyclic) bond motifs is 2. The summed E-state index contributed by atoms with van der Waals surface area (Å²) < 4.78 is 0. The van der Waals surface area contributed by atoms with Crippen LogP contribution in [-0.2, 0) is 4.94 Å². The number of hydrogen-bond acceptors (Lipinski definition) is 9. The summed E-state index contributed by atoms with van der Waals surface area (Å²) in [5.74, 6) is -1.80. The lowest BCUT2D eigenvalue weighted by Crippen LogP contribution is -2.72. The van der Waals surface area contributed by atoms with Crippen molar-refractivity contribution in [2.45, 2.75) is 11.6 Å². The number of anilines is 2. The summed E-state index contributed by atoms with van der Waals surface area (Å²) in [5.41, 5.74) is 10.3. The molecular weight excluding hydrogens is 560 g/mol. The van der Waals surface area contributed by atoms with E-state index in [1.54, 1.807) is 0 Å². The van der Waals surface area contributed by atoms with Gasteiger partial charge in [-0.2, -0.15) is 10.1 Å². The molecule has 0 atom stereocenters. The molecule has 4 aromatic carbocycles. The van der Waals surface area contributed by atoms with Crippen LogP contribution < -0.4 is 42.0 Å².